The molecule has 2 rings (SSSR count). The van der Waals surface area contributed by atoms with Gasteiger partial charge in [-0.1, -0.05) is 0 Å². The summed E-state index contributed by atoms with van der Waals surface area (Å²) in [6, 6.07) is 3.90. The van der Waals surface area contributed by atoms with Crippen LogP contribution in [0.15, 0.2) is 30.7 Å². The Labute approximate surface area is 89.0 Å². The van der Waals surface area contributed by atoms with E-state index in [-0.39, 0.29) is 0 Å². The molecule has 0 fully saturated rings. The minimum Gasteiger partial charge on any atom is -0.316 e. The topological polar surface area (TPSA) is 42.7 Å². The molecule has 0 radical (unpaired) electrons. The van der Waals surface area contributed by atoms with Gasteiger partial charge in [-0.25, -0.2) is 4.68 Å². The fourth-order valence-corrected chi connectivity index (χ4v) is 1.55. The van der Waals surface area contributed by atoms with Gasteiger partial charge < -0.3 is 5.32 Å². The first-order valence-corrected chi connectivity index (χ1v) is 4.91. The van der Waals surface area contributed by atoms with E-state index in [0.29, 0.717) is 0 Å². The summed E-state index contributed by atoms with van der Waals surface area (Å²) in [4.78, 5) is 3.99. The number of aromatic nitrogens is 3. The second kappa shape index (κ2) is 4.23. The van der Waals surface area contributed by atoms with Crippen LogP contribution in [0.25, 0.3) is 5.69 Å². The van der Waals surface area contributed by atoms with Gasteiger partial charge in [0, 0.05) is 30.2 Å². The molecule has 2 aromatic heterocycles. The van der Waals surface area contributed by atoms with E-state index in [2.05, 4.69) is 22.3 Å². The molecule has 0 aromatic carbocycles. The molecule has 0 aliphatic heterocycles. The van der Waals surface area contributed by atoms with E-state index in [4.69, 9.17) is 0 Å². The van der Waals surface area contributed by atoms with Gasteiger partial charge in [-0.05, 0) is 26.1 Å². The highest BCUT2D eigenvalue weighted by molar-refractivity contribution is 5.32. The van der Waals surface area contributed by atoms with Crippen molar-refractivity contribution in [3.8, 4) is 5.69 Å². The van der Waals surface area contributed by atoms with E-state index in [0.717, 1.165) is 17.9 Å². The second-order valence-electron chi connectivity index (χ2n) is 3.40. The van der Waals surface area contributed by atoms with Crippen molar-refractivity contribution in [1.82, 2.24) is 20.1 Å². The van der Waals surface area contributed by atoms with Crippen LogP contribution in [0.1, 0.15) is 11.3 Å². The van der Waals surface area contributed by atoms with Gasteiger partial charge in [0.2, 0.25) is 0 Å². The predicted octanol–water partition coefficient (Wildman–Crippen LogP) is 1.30. The maximum atomic E-state index is 4.35. The monoisotopic (exact) mass is 202 g/mol. The molecule has 0 aliphatic carbocycles. The van der Waals surface area contributed by atoms with E-state index < -0.39 is 0 Å². The van der Waals surface area contributed by atoms with Crippen LogP contribution in [-0.4, -0.2) is 21.8 Å². The minimum absolute atomic E-state index is 0.844. The van der Waals surface area contributed by atoms with Crippen LogP contribution in [0.2, 0.25) is 0 Å². The van der Waals surface area contributed by atoms with Crippen molar-refractivity contribution in [3.63, 3.8) is 0 Å². The van der Waals surface area contributed by atoms with Gasteiger partial charge in [0.1, 0.15) is 0 Å². The smallest absolute Gasteiger partial charge is 0.0679 e. The number of rotatable bonds is 3. The summed E-state index contributed by atoms with van der Waals surface area (Å²) in [5.41, 5.74) is 3.43. The zero-order valence-corrected chi connectivity index (χ0v) is 8.94. The number of nitrogens with one attached hydrogen (secondary N) is 1. The quantitative estimate of drug-likeness (QED) is 0.815. The van der Waals surface area contributed by atoms with E-state index in [1.54, 1.807) is 12.4 Å². The lowest BCUT2D eigenvalue weighted by Gasteiger charge is -2.04. The van der Waals surface area contributed by atoms with Crippen molar-refractivity contribution in [2.24, 2.45) is 0 Å². The fourth-order valence-electron chi connectivity index (χ4n) is 1.55. The molecule has 1 N–H and O–H groups in total. The highest BCUT2D eigenvalue weighted by Crippen LogP contribution is 2.12. The molecule has 2 heterocycles. The van der Waals surface area contributed by atoms with Crippen LogP contribution in [0, 0.1) is 6.92 Å². The number of nitrogens with zero attached hydrogens (tertiary/aromatic N) is 3. The fraction of sp³-hybridized carbons (Fsp3) is 0.273. The molecule has 0 saturated heterocycles. The Morgan fingerprint density at radius 2 is 2.07 bits per heavy atom. The normalized spacial score (nSPS) is 10.5. The van der Waals surface area contributed by atoms with E-state index >= 15 is 0 Å². The Bertz CT molecular complexity index is 433. The van der Waals surface area contributed by atoms with Crippen molar-refractivity contribution < 1.29 is 0 Å². The molecule has 78 valence electrons. The van der Waals surface area contributed by atoms with Gasteiger partial charge in [0.25, 0.3) is 0 Å². The zero-order chi connectivity index (χ0) is 10.7. The van der Waals surface area contributed by atoms with Gasteiger partial charge in [0.05, 0.1) is 11.9 Å². The van der Waals surface area contributed by atoms with Gasteiger partial charge in [-0.15, -0.1) is 0 Å². The first kappa shape index (κ1) is 9.86. The Morgan fingerprint density at radius 3 is 2.73 bits per heavy atom. The number of hydrogen-bond acceptors (Lipinski definition) is 3. The average Bonchev–Trinajstić information content (AvgIpc) is 2.63. The first-order valence-electron chi connectivity index (χ1n) is 4.91. The Hall–Kier alpha value is -1.68. The summed E-state index contributed by atoms with van der Waals surface area (Å²) in [7, 11) is 1.93. The Morgan fingerprint density at radius 1 is 1.33 bits per heavy atom. The molecule has 4 heteroatoms. The lowest BCUT2D eigenvalue weighted by Crippen LogP contribution is -2.06. The van der Waals surface area contributed by atoms with Gasteiger partial charge in [-0.3, -0.25) is 4.98 Å². The summed E-state index contributed by atoms with van der Waals surface area (Å²) in [5, 5.41) is 7.48. The zero-order valence-electron chi connectivity index (χ0n) is 8.94. The number of hydrogen-bond donors (Lipinski definition) is 1. The minimum atomic E-state index is 0.844. The first-order chi connectivity index (χ1) is 7.33. The molecule has 0 unspecified atom stereocenters. The third-order valence-electron chi connectivity index (χ3n) is 2.39. The van der Waals surface area contributed by atoms with Crippen LogP contribution in [-0.2, 0) is 6.54 Å². The van der Waals surface area contributed by atoms with Crippen molar-refractivity contribution in [3.05, 3.63) is 42.0 Å². The van der Waals surface area contributed by atoms with E-state index in [1.807, 2.05) is 30.1 Å². The summed E-state index contributed by atoms with van der Waals surface area (Å²) in [6.07, 6.45) is 5.44. The molecular weight excluding hydrogens is 188 g/mol. The molecule has 0 saturated carbocycles. The summed E-state index contributed by atoms with van der Waals surface area (Å²) in [6.45, 7) is 2.91. The molecule has 15 heavy (non-hydrogen) atoms. The van der Waals surface area contributed by atoms with Crippen LogP contribution in [0.5, 0.6) is 0 Å². The van der Waals surface area contributed by atoms with Crippen LogP contribution in [0.3, 0.4) is 0 Å². The average molecular weight is 202 g/mol. The predicted molar refractivity (Wildman–Crippen MR) is 58.9 cm³/mol. The lowest BCUT2D eigenvalue weighted by molar-refractivity contribution is 0.801. The van der Waals surface area contributed by atoms with Crippen molar-refractivity contribution in [2.45, 2.75) is 13.5 Å². The van der Waals surface area contributed by atoms with Gasteiger partial charge >= 0.3 is 0 Å². The Balaban J connectivity index is 2.38. The standard InChI is InChI=1S/C11H14N4/c1-9-10(7-12-2)8-14-15(9)11-3-5-13-6-4-11/h3-6,8,12H,7H2,1-2H3. The maximum Gasteiger partial charge on any atom is 0.0679 e. The highest BCUT2D eigenvalue weighted by Gasteiger charge is 2.06. The maximum absolute atomic E-state index is 4.35. The SMILES string of the molecule is CNCc1cnn(-c2ccncc2)c1C. The molecule has 0 amide bonds. The summed E-state index contributed by atoms with van der Waals surface area (Å²) in [5.74, 6) is 0. The molecule has 0 atom stereocenters. The number of pyridine rings is 1. The highest BCUT2D eigenvalue weighted by atomic mass is 15.3. The van der Waals surface area contributed by atoms with Crippen molar-refractivity contribution in [2.75, 3.05) is 7.05 Å². The Kier molecular flexibility index (Phi) is 2.78. The van der Waals surface area contributed by atoms with Crippen LogP contribution >= 0.6 is 0 Å². The summed E-state index contributed by atoms with van der Waals surface area (Å²) < 4.78 is 1.92. The largest absolute Gasteiger partial charge is 0.316 e. The van der Waals surface area contributed by atoms with Crippen LogP contribution in [0.4, 0.5) is 0 Å². The molecular formula is C11H14N4. The summed E-state index contributed by atoms with van der Waals surface area (Å²) >= 11 is 0. The van der Waals surface area contributed by atoms with Crippen molar-refractivity contribution in [1.29, 1.82) is 0 Å². The third-order valence-corrected chi connectivity index (χ3v) is 2.39. The van der Waals surface area contributed by atoms with Gasteiger partial charge in [0.15, 0.2) is 0 Å². The molecule has 2 aromatic rings. The molecule has 0 spiro atoms. The van der Waals surface area contributed by atoms with Crippen LogP contribution < -0.4 is 5.32 Å². The third kappa shape index (κ3) is 1.89. The lowest BCUT2D eigenvalue weighted by atomic mass is 10.2. The van der Waals surface area contributed by atoms with Crippen molar-refractivity contribution >= 4 is 0 Å². The molecule has 0 bridgehead atoms. The van der Waals surface area contributed by atoms with Gasteiger partial charge in [-0.2, -0.15) is 5.10 Å². The van der Waals surface area contributed by atoms with E-state index in [9.17, 15) is 0 Å². The molecule has 0 aliphatic rings. The molecule has 4 nitrogen and oxygen atoms in total. The van der Waals surface area contributed by atoms with E-state index in [1.165, 1.54) is 5.56 Å². The second-order valence-corrected chi connectivity index (χ2v) is 3.40.